The van der Waals surface area contributed by atoms with Crippen LogP contribution in [0.2, 0.25) is 0 Å². The van der Waals surface area contributed by atoms with Gasteiger partial charge in [0.2, 0.25) is 0 Å². The first-order chi connectivity index (χ1) is 8.02. The Balaban J connectivity index is 2.39. The summed E-state index contributed by atoms with van der Waals surface area (Å²) in [4.78, 5) is 15.8. The van der Waals surface area contributed by atoms with Gasteiger partial charge in [-0.1, -0.05) is 6.92 Å². The molecule has 4 N–H and O–H groups in total. The third-order valence-electron chi connectivity index (χ3n) is 2.31. The van der Waals surface area contributed by atoms with Crippen molar-refractivity contribution in [2.24, 2.45) is 11.7 Å². The Morgan fingerprint density at radius 1 is 1.65 bits per heavy atom. The summed E-state index contributed by atoms with van der Waals surface area (Å²) in [5.74, 6) is 0.0601. The Bertz CT molecular complexity index is 365. The minimum atomic E-state index is -0.343. The molecule has 0 spiro atoms. The third kappa shape index (κ3) is 4.80. The molecule has 5 nitrogen and oxygen atoms in total. The van der Waals surface area contributed by atoms with Crippen LogP contribution in [0.15, 0.2) is 5.38 Å². The first kappa shape index (κ1) is 14.1. The van der Waals surface area contributed by atoms with Crippen LogP contribution in [0, 0.1) is 5.92 Å². The van der Waals surface area contributed by atoms with Gasteiger partial charge in [0, 0.05) is 18.5 Å². The van der Waals surface area contributed by atoms with Crippen LogP contribution in [-0.4, -0.2) is 28.6 Å². The molecule has 0 aliphatic carbocycles. The Morgan fingerprint density at radius 2 is 2.35 bits per heavy atom. The van der Waals surface area contributed by atoms with Crippen molar-refractivity contribution >= 4 is 17.2 Å². The van der Waals surface area contributed by atoms with Crippen molar-refractivity contribution in [1.29, 1.82) is 0 Å². The molecule has 6 heteroatoms. The number of nitrogens with zero attached hydrogens (tertiary/aromatic N) is 1. The van der Waals surface area contributed by atoms with Crippen molar-refractivity contribution in [1.82, 2.24) is 10.3 Å². The quantitative estimate of drug-likeness (QED) is 0.701. The van der Waals surface area contributed by atoms with E-state index in [2.05, 4.69) is 10.3 Å². The van der Waals surface area contributed by atoms with Crippen LogP contribution in [-0.2, 0) is 6.54 Å². The van der Waals surface area contributed by atoms with Crippen LogP contribution < -0.4 is 11.1 Å². The number of aliphatic hydroxyl groups excluding tert-OH is 1. The Hall–Kier alpha value is -0.980. The van der Waals surface area contributed by atoms with Gasteiger partial charge in [-0.15, -0.1) is 11.3 Å². The first-order valence-electron chi connectivity index (χ1n) is 5.63. The van der Waals surface area contributed by atoms with E-state index in [1.54, 1.807) is 12.3 Å². The predicted octanol–water partition coefficient (Wildman–Crippen LogP) is 0.739. The van der Waals surface area contributed by atoms with Crippen LogP contribution in [0.3, 0.4) is 0 Å². The summed E-state index contributed by atoms with van der Waals surface area (Å²) < 4.78 is 0. The van der Waals surface area contributed by atoms with Gasteiger partial charge in [0.25, 0.3) is 5.91 Å². The third-order valence-corrected chi connectivity index (χ3v) is 3.18. The number of hydrogen-bond acceptors (Lipinski definition) is 5. The van der Waals surface area contributed by atoms with E-state index in [0.29, 0.717) is 25.2 Å². The molecule has 0 bridgehead atoms. The number of amides is 1. The highest BCUT2D eigenvalue weighted by atomic mass is 32.1. The number of carbonyl (C=O) groups excluding carboxylic acids is 1. The van der Waals surface area contributed by atoms with Crippen molar-refractivity contribution in [3.05, 3.63) is 16.1 Å². The summed E-state index contributed by atoms with van der Waals surface area (Å²) >= 11 is 1.39. The minimum absolute atomic E-state index is 0.182. The van der Waals surface area contributed by atoms with Crippen molar-refractivity contribution in [3.63, 3.8) is 0 Å². The molecule has 1 aromatic heterocycles. The lowest BCUT2D eigenvalue weighted by molar-refractivity contribution is 0.0935. The molecule has 1 rings (SSSR count). The molecule has 1 heterocycles. The summed E-state index contributed by atoms with van der Waals surface area (Å²) in [6, 6.07) is 0. The van der Waals surface area contributed by atoms with Crippen molar-refractivity contribution in [2.45, 2.75) is 32.9 Å². The summed E-state index contributed by atoms with van der Waals surface area (Å²) in [6.45, 7) is 4.63. The van der Waals surface area contributed by atoms with Gasteiger partial charge in [-0.05, 0) is 19.3 Å². The van der Waals surface area contributed by atoms with Crippen molar-refractivity contribution < 1.29 is 9.90 Å². The predicted molar refractivity (Wildman–Crippen MR) is 67.8 cm³/mol. The van der Waals surface area contributed by atoms with Crippen LogP contribution in [0.4, 0.5) is 0 Å². The lowest BCUT2D eigenvalue weighted by atomic mass is 10.0. The number of aliphatic hydroxyl groups is 1. The maximum absolute atomic E-state index is 11.7. The first-order valence-corrected chi connectivity index (χ1v) is 6.51. The highest BCUT2D eigenvalue weighted by Gasteiger charge is 2.12. The van der Waals surface area contributed by atoms with Crippen LogP contribution in [0.25, 0.3) is 0 Å². The molecule has 0 aromatic carbocycles. The Kier molecular flexibility index (Phi) is 5.54. The Morgan fingerprint density at radius 3 is 2.88 bits per heavy atom. The molecule has 2 atom stereocenters. The summed E-state index contributed by atoms with van der Waals surface area (Å²) in [7, 11) is 0. The van der Waals surface area contributed by atoms with E-state index in [9.17, 15) is 9.90 Å². The molecule has 1 amide bonds. The number of nitrogens with one attached hydrogen (secondary N) is 1. The fraction of sp³-hybridized carbons (Fsp3) is 0.636. The van der Waals surface area contributed by atoms with Gasteiger partial charge >= 0.3 is 0 Å². The zero-order valence-corrected chi connectivity index (χ0v) is 11.0. The second kappa shape index (κ2) is 6.68. The molecule has 0 radical (unpaired) electrons. The zero-order valence-electron chi connectivity index (χ0n) is 10.1. The number of thiazole rings is 1. The van der Waals surface area contributed by atoms with Gasteiger partial charge in [-0.2, -0.15) is 0 Å². The topological polar surface area (TPSA) is 88.2 Å². The number of carbonyl (C=O) groups is 1. The highest BCUT2D eigenvalue weighted by Crippen LogP contribution is 2.09. The smallest absolute Gasteiger partial charge is 0.270 e. The fourth-order valence-corrected chi connectivity index (χ4v) is 2.19. The van der Waals surface area contributed by atoms with Crippen molar-refractivity contribution in [2.75, 3.05) is 6.54 Å². The van der Waals surface area contributed by atoms with Crippen LogP contribution in [0.5, 0.6) is 0 Å². The largest absolute Gasteiger partial charge is 0.393 e. The average Bonchev–Trinajstić information content (AvgIpc) is 2.73. The standard InChI is InChI=1S/C11H19N3O2S/c1-7(3-8(2)15)5-13-11(16)9-6-17-10(4-12)14-9/h6-8,15H,3-5,12H2,1-2H3,(H,13,16). The molecule has 1 aromatic rings. The van der Waals surface area contributed by atoms with Crippen LogP contribution >= 0.6 is 11.3 Å². The molecule has 17 heavy (non-hydrogen) atoms. The SMILES string of the molecule is CC(O)CC(C)CNC(=O)c1csc(CN)n1. The van der Waals surface area contributed by atoms with Gasteiger partial charge in [0.05, 0.1) is 6.10 Å². The second-order valence-electron chi connectivity index (χ2n) is 4.23. The normalized spacial score (nSPS) is 14.4. The minimum Gasteiger partial charge on any atom is -0.393 e. The zero-order chi connectivity index (χ0) is 12.8. The van der Waals surface area contributed by atoms with E-state index in [-0.39, 0.29) is 17.9 Å². The van der Waals surface area contributed by atoms with Crippen molar-refractivity contribution in [3.8, 4) is 0 Å². The van der Waals surface area contributed by atoms with E-state index in [1.165, 1.54) is 11.3 Å². The molecule has 0 aliphatic rings. The molecule has 0 fully saturated rings. The van der Waals surface area contributed by atoms with E-state index in [1.807, 2.05) is 6.92 Å². The lowest BCUT2D eigenvalue weighted by Crippen LogP contribution is -2.29. The molecule has 0 aliphatic heterocycles. The average molecular weight is 257 g/mol. The number of rotatable bonds is 6. The Labute approximate surface area is 105 Å². The molecule has 2 unspecified atom stereocenters. The lowest BCUT2D eigenvalue weighted by Gasteiger charge is -2.13. The maximum Gasteiger partial charge on any atom is 0.270 e. The molecule has 96 valence electrons. The summed E-state index contributed by atoms with van der Waals surface area (Å²) in [5.41, 5.74) is 5.85. The molecule has 0 saturated carbocycles. The van der Waals surface area contributed by atoms with E-state index >= 15 is 0 Å². The van der Waals surface area contributed by atoms with Gasteiger partial charge in [0.1, 0.15) is 10.7 Å². The second-order valence-corrected chi connectivity index (χ2v) is 5.17. The molecular weight excluding hydrogens is 238 g/mol. The number of hydrogen-bond donors (Lipinski definition) is 3. The van der Waals surface area contributed by atoms with Crippen LogP contribution in [0.1, 0.15) is 35.8 Å². The molecule has 0 saturated heterocycles. The fourth-order valence-electron chi connectivity index (χ4n) is 1.53. The summed E-state index contributed by atoms with van der Waals surface area (Å²) in [5, 5.41) is 14.5. The highest BCUT2D eigenvalue weighted by molar-refractivity contribution is 7.09. The number of aromatic nitrogens is 1. The van der Waals surface area contributed by atoms with Gasteiger partial charge < -0.3 is 16.2 Å². The van der Waals surface area contributed by atoms with E-state index in [4.69, 9.17) is 5.73 Å². The van der Waals surface area contributed by atoms with E-state index in [0.717, 1.165) is 5.01 Å². The monoisotopic (exact) mass is 257 g/mol. The van der Waals surface area contributed by atoms with E-state index < -0.39 is 0 Å². The maximum atomic E-state index is 11.7. The molecular formula is C11H19N3O2S. The number of nitrogens with two attached hydrogens (primary N) is 1. The van der Waals surface area contributed by atoms with Gasteiger partial charge in [-0.3, -0.25) is 4.79 Å². The summed E-state index contributed by atoms with van der Waals surface area (Å²) in [6.07, 6.45) is 0.329. The van der Waals surface area contributed by atoms with Gasteiger partial charge in [-0.25, -0.2) is 4.98 Å². The van der Waals surface area contributed by atoms with Gasteiger partial charge in [0.15, 0.2) is 0 Å².